The van der Waals surface area contributed by atoms with Gasteiger partial charge in [0.2, 0.25) is 0 Å². The molecular formula is C40H25NO2. The summed E-state index contributed by atoms with van der Waals surface area (Å²) in [5.41, 5.74) is 9.15. The third-order valence-corrected chi connectivity index (χ3v) is 8.46. The lowest BCUT2D eigenvalue weighted by Crippen LogP contribution is -2.10. The van der Waals surface area contributed by atoms with Crippen LogP contribution in [-0.4, -0.2) is 0 Å². The van der Waals surface area contributed by atoms with Crippen LogP contribution in [0, 0.1) is 0 Å². The van der Waals surface area contributed by atoms with Crippen LogP contribution in [0.5, 0.6) is 0 Å². The first-order valence-corrected chi connectivity index (χ1v) is 14.5. The van der Waals surface area contributed by atoms with Crippen molar-refractivity contribution < 1.29 is 8.83 Å². The molecule has 3 nitrogen and oxygen atoms in total. The molecular weight excluding hydrogens is 526 g/mol. The normalized spacial score (nSPS) is 11.7. The number of hydrogen-bond acceptors (Lipinski definition) is 3. The van der Waals surface area contributed by atoms with Crippen molar-refractivity contribution in [3.05, 3.63) is 152 Å². The minimum absolute atomic E-state index is 0.877. The van der Waals surface area contributed by atoms with Crippen molar-refractivity contribution in [2.24, 2.45) is 0 Å². The molecule has 0 aliphatic carbocycles. The first kappa shape index (κ1) is 23.9. The van der Waals surface area contributed by atoms with E-state index >= 15 is 0 Å². The summed E-state index contributed by atoms with van der Waals surface area (Å²) >= 11 is 0. The fourth-order valence-corrected chi connectivity index (χ4v) is 6.53. The molecule has 0 amide bonds. The Morgan fingerprint density at radius 2 is 1.07 bits per heavy atom. The van der Waals surface area contributed by atoms with Crippen LogP contribution in [0.3, 0.4) is 0 Å². The molecule has 0 atom stereocenters. The maximum atomic E-state index is 6.46. The van der Waals surface area contributed by atoms with Crippen LogP contribution in [0.4, 0.5) is 17.1 Å². The number of anilines is 3. The Morgan fingerprint density at radius 3 is 1.93 bits per heavy atom. The summed E-state index contributed by atoms with van der Waals surface area (Å²) in [6, 6.07) is 53.0. The molecule has 0 fully saturated rings. The summed E-state index contributed by atoms with van der Waals surface area (Å²) in [6.45, 7) is 0. The van der Waals surface area contributed by atoms with Gasteiger partial charge in [0.25, 0.3) is 0 Å². The monoisotopic (exact) mass is 551 g/mol. The molecule has 0 aliphatic heterocycles. The van der Waals surface area contributed by atoms with E-state index in [4.69, 9.17) is 8.83 Å². The standard InChI is InChI=1S/C40H25NO2/c1-2-11-28(12-3-1)41(34-16-9-19-37-39(34)32-14-6-7-17-35(32)42-37)29-23-20-27(21-24-29)30-15-8-18-36-38(30)33-25-22-26-10-4-5-13-31(26)40(33)43-36/h1-25H. The number of rotatable bonds is 4. The van der Waals surface area contributed by atoms with E-state index in [1.165, 1.54) is 5.39 Å². The molecule has 0 bridgehead atoms. The van der Waals surface area contributed by atoms with Crippen LogP contribution in [0.2, 0.25) is 0 Å². The third kappa shape index (κ3) is 3.68. The Morgan fingerprint density at radius 1 is 0.395 bits per heavy atom. The lowest BCUT2D eigenvalue weighted by Gasteiger charge is -2.26. The van der Waals surface area contributed by atoms with E-state index in [9.17, 15) is 0 Å². The summed E-state index contributed by atoms with van der Waals surface area (Å²) in [6.07, 6.45) is 0. The van der Waals surface area contributed by atoms with Gasteiger partial charge in [-0.3, -0.25) is 0 Å². The zero-order chi connectivity index (χ0) is 28.3. The van der Waals surface area contributed by atoms with E-state index in [-0.39, 0.29) is 0 Å². The molecule has 0 spiro atoms. The van der Waals surface area contributed by atoms with Gasteiger partial charge in [0, 0.05) is 32.9 Å². The Labute approximate surface area is 247 Å². The third-order valence-electron chi connectivity index (χ3n) is 8.46. The van der Waals surface area contributed by atoms with Gasteiger partial charge in [-0.25, -0.2) is 0 Å². The van der Waals surface area contributed by atoms with Gasteiger partial charge in [-0.05, 0) is 71.1 Å². The molecule has 202 valence electrons. The fraction of sp³-hybridized carbons (Fsp3) is 0. The molecule has 43 heavy (non-hydrogen) atoms. The highest BCUT2D eigenvalue weighted by atomic mass is 16.3. The van der Waals surface area contributed by atoms with Gasteiger partial charge in [-0.2, -0.15) is 0 Å². The van der Waals surface area contributed by atoms with Crippen LogP contribution in [0.25, 0.3) is 65.8 Å². The van der Waals surface area contributed by atoms with E-state index in [2.05, 4.69) is 138 Å². The molecule has 0 N–H and O–H groups in total. The van der Waals surface area contributed by atoms with Crippen molar-refractivity contribution in [3.63, 3.8) is 0 Å². The highest BCUT2D eigenvalue weighted by Crippen LogP contribution is 2.44. The van der Waals surface area contributed by atoms with Crippen molar-refractivity contribution in [1.29, 1.82) is 0 Å². The number of para-hydroxylation sites is 2. The lowest BCUT2D eigenvalue weighted by atomic mass is 9.98. The molecule has 0 radical (unpaired) electrons. The number of hydrogen-bond donors (Lipinski definition) is 0. The minimum Gasteiger partial charge on any atom is -0.456 e. The average Bonchev–Trinajstić information content (AvgIpc) is 3.65. The van der Waals surface area contributed by atoms with E-state index in [1.807, 2.05) is 18.2 Å². The van der Waals surface area contributed by atoms with Crippen LogP contribution >= 0.6 is 0 Å². The molecule has 0 saturated carbocycles. The predicted molar refractivity (Wildman–Crippen MR) is 179 cm³/mol. The smallest absolute Gasteiger partial charge is 0.143 e. The summed E-state index contributed by atoms with van der Waals surface area (Å²) in [7, 11) is 0. The van der Waals surface area contributed by atoms with E-state index < -0.39 is 0 Å². The second kappa shape index (κ2) is 9.37. The summed E-state index contributed by atoms with van der Waals surface area (Å²) in [5.74, 6) is 0. The van der Waals surface area contributed by atoms with Crippen molar-refractivity contribution in [3.8, 4) is 11.1 Å². The maximum absolute atomic E-state index is 6.46. The quantitative estimate of drug-likeness (QED) is 0.218. The van der Waals surface area contributed by atoms with E-state index in [1.54, 1.807) is 0 Å². The van der Waals surface area contributed by atoms with Gasteiger partial charge in [0.1, 0.15) is 22.3 Å². The van der Waals surface area contributed by atoms with Gasteiger partial charge in [-0.1, -0.05) is 97.1 Å². The van der Waals surface area contributed by atoms with Crippen LogP contribution in [0.15, 0.2) is 160 Å². The topological polar surface area (TPSA) is 29.5 Å². The maximum Gasteiger partial charge on any atom is 0.143 e. The van der Waals surface area contributed by atoms with Gasteiger partial charge >= 0.3 is 0 Å². The largest absolute Gasteiger partial charge is 0.456 e. The van der Waals surface area contributed by atoms with Gasteiger partial charge in [0.15, 0.2) is 0 Å². The summed E-state index contributed by atoms with van der Waals surface area (Å²) in [5, 5.41) is 6.81. The number of nitrogens with zero attached hydrogens (tertiary/aromatic N) is 1. The number of furan rings is 2. The molecule has 9 aromatic rings. The van der Waals surface area contributed by atoms with Crippen LogP contribution < -0.4 is 4.90 Å². The first-order valence-electron chi connectivity index (χ1n) is 14.5. The average molecular weight is 552 g/mol. The fourth-order valence-electron chi connectivity index (χ4n) is 6.53. The second-order valence-electron chi connectivity index (χ2n) is 10.9. The zero-order valence-corrected chi connectivity index (χ0v) is 23.2. The number of fused-ring (bicyclic) bond motifs is 8. The Kier molecular flexibility index (Phi) is 5.20. The predicted octanol–water partition coefficient (Wildman–Crippen LogP) is 11.8. The van der Waals surface area contributed by atoms with Gasteiger partial charge in [-0.15, -0.1) is 0 Å². The lowest BCUT2D eigenvalue weighted by molar-refractivity contribution is 0.669. The van der Waals surface area contributed by atoms with E-state index in [0.717, 1.165) is 77.5 Å². The molecule has 0 saturated heterocycles. The van der Waals surface area contributed by atoms with Gasteiger partial charge < -0.3 is 13.7 Å². The molecule has 3 heteroatoms. The molecule has 9 rings (SSSR count). The van der Waals surface area contributed by atoms with Crippen molar-refractivity contribution in [1.82, 2.24) is 0 Å². The van der Waals surface area contributed by atoms with Crippen LogP contribution in [-0.2, 0) is 0 Å². The van der Waals surface area contributed by atoms with Crippen molar-refractivity contribution in [2.75, 3.05) is 4.90 Å². The highest BCUT2D eigenvalue weighted by Gasteiger charge is 2.20. The molecule has 0 aliphatic rings. The number of benzene rings is 7. The SMILES string of the molecule is c1ccc(N(c2ccc(-c3cccc4oc5c6ccccc6ccc5c34)cc2)c2cccc3oc4ccccc4c23)cc1. The zero-order valence-electron chi connectivity index (χ0n) is 23.2. The summed E-state index contributed by atoms with van der Waals surface area (Å²) in [4.78, 5) is 2.31. The first-order chi connectivity index (χ1) is 21.3. The summed E-state index contributed by atoms with van der Waals surface area (Å²) < 4.78 is 12.7. The Balaban J connectivity index is 1.22. The second-order valence-corrected chi connectivity index (χ2v) is 10.9. The Bertz CT molecular complexity index is 2450. The van der Waals surface area contributed by atoms with Crippen molar-refractivity contribution >= 4 is 71.7 Å². The highest BCUT2D eigenvalue weighted by molar-refractivity contribution is 6.19. The minimum atomic E-state index is 0.877. The van der Waals surface area contributed by atoms with E-state index in [0.29, 0.717) is 0 Å². The molecule has 2 heterocycles. The van der Waals surface area contributed by atoms with Crippen LogP contribution in [0.1, 0.15) is 0 Å². The van der Waals surface area contributed by atoms with Gasteiger partial charge in [0.05, 0.1) is 11.1 Å². The molecule has 0 unspecified atom stereocenters. The molecule has 2 aromatic heterocycles. The molecule has 7 aromatic carbocycles. The Hall–Kier alpha value is -5.80. The van der Waals surface area contributed by atoms with Crippen molar-refractivity contribution in [2.45, 2.75) is 0 Å².